The van der Waals surface area contributed by atoms with Gasteiger partial charge in [0.2, 0.25) is 0 Å². The number of fused-ring (bicyclic) bond motifs is 1. The van der Waals surface area contributed by atoms with Crippen LogP contribution < -0.4 is 10.7 Å². The predicted molar refractivity (Wildman–Crippen MR) is 74.3 cm³/mol. The molecular weight excluding hydrogens is 398 g/mol. The summed E-state index contributed by atoms with van der Waals surface area (Å²) in [5.41, 5.74) is 4.16. The van der Waals surface area contributed by atoms with Gasteiger partial charge in [-0.3, -0.25) is 4.99 Å². The minimum atomic E-state index is 0. The van der Waals surface area contributed by atoms with Crippen molar-refractivity contribution in [2.75, 3.05) is 6.67 Å². The van der Waals surface area contributed by atoms with Gasteiger partial charge in [-0.25, -0.2) is 0 Å². The number of benzene rings is 1. The second-order valence-corrected chi connectivity index (χ2v) is 6.42. The van der Waals surface area contributed by atoms with E-state index in [-0.39, 0.29) is 65.4 Å². The third-order valence-electron chi connectivity index (χ3n) is 3.50. The molecular formula is C16H23N2Y2-. The fourth-order valence-electron chi connectivity index (χ4n) is 2.56. The fourth-order valence-corrected chi connectivity index (χ4v) is 2.56. The number of rotatable bonds is 3. The first-order valence-electron chi connectivity index (χ1n) is 6.79. The molecule has 0 aromatic heterocycles. The molecule has 1 heterocycles. The summed E-state index contributed by atoms with van der Waals surface area (Å²) < 4.78 is 0. The summed E-state index contributed by atoms with van der Waals surface area (Å²) in [6, 6.07) is 3.43. The summed E-state index contributed by atoms with van der Waals surface area (Å²) in [6.45, 7) is 11.7. The molecule has 0 atom stereocenters. The second-order valence-electron chi connectivity index (χ2n) is 6.42. The van der Waals surface area contributed by atoms with Gasteiger partial charge in [0.1, 0.15) is 6.67 Å². The third-order valence-corrected chi connectivity index (χ3v) is 3.50. The number of hydrogen-bond donors (Lipinski definition) is 0. The predicted octanol–water partition coefficient (Wildman–Crippen LogP) is 2.68. The van der Waals surface area contributed by atoms with Crippen molar-refractivity contribution >= 4 is 0 Å². The SMILES string of the molecule is Cc1[c-]c(C)c2c(c1CCCC(C)(C)C)=NCN=2.[Y].[Y]. The van der Waals surface area contributed by atoms with Crippen molar-refractivity contribution < 1.29 is 65.4 Å². The molecule has 0 unspecified atom stereocenters. The van der Waals surface area contributed by atoms with Gasteiger partial charge in [0.05, 0.1) is 0 Å². The van der Waals surface area contributed by atoms with Crippen molar-refractivity contribution in [3.05, 3.63) is 33.5 Å². The summed E-state index contributed by atoms with van der Waals surface area (Å²) in [7, 11) is 0. The zero-order chi connectivity index (χ0) is 13.3. The first-order valence-corrected chi connectivity index (χ1v) is 6.79. The van der Waals surface area contributed by atoms with Crippen LogP contribution in [0.3, 0.4) is 0 Å². The fraction of sp³-hybridized carbons (Fsp3) is 0.625. The zero-order valence-electron chi connectivity index (χ0n) is 13.4. The molecule has 0 amide bonds. The van der Waals surface area contributed by atoms with Crippen LogP contribution in [-0.2, 0) is 71.8 Å². The molecule has 1 aliphatic rings. The van der Waals surface area contributed by atoms with Gasteiger partial charge in [-0.05, 0) is 22.6 Å². The molecule has 2 rings (SSSR count). The van der Waals surface area contributed by atoms with Gasteiger partial charge in [-0.15, -0.1) is 11.1 Å². The molecule has 2 radical (unpaired) electrons. The zero-order valence-corrected chi connectivity index (χ0v) is 19.1. The Bertz CT molecular complexity index is 572. The largest absolute Gasteiger partial charge is 0.325 e. The maximum atomic E-state index is 4.55. The number of nitrogens with zero attached hydrogens (tertiary/aromatic N) is 2. The Kier molecular flexibility index (Phi) is 9.05. The standard InChI is InChI=1S/C16H23N2.2Y/c1-11-9-12(2)14-15(18-10-17-14)13(11)7-6-8-16(3,4)5;;/h6-8,10H2,1-5H3;;/q-1;;. The molecule has 104 valence electrons. The van der Waals surface area contributed by atoms with E-state index in [2.05, 4.69) is 50.7 Å². The maximum absolute atomic E-state index is 4.55. The molecule has 0 spiro atoms. The summed E-state index contributed by atoms with van der Waals surface area (Å²) in [5.74, 6) is 0. The average Bonchev–Trinajstić information content (AvgIpc) is 2.70. The van der Waals surface area contributed by atoms with E-state index in [9.17, 15) is 0 Å². The Morgan fingerprint density at radius 3 is 2.20 bits per heavy atom. The molecule has 0 aliphatic carbocycles. The minimum absolute atomic E-state index is 0. The van der Waals surface area contributed by atoms with Crippen LogP contribution in [0.4, 0.5) is 0 Å². The Labute approximate surface area is 173 Å². The molecule has 4 heteroatoms. The number of aryl methyl sites for hydroxylation is 2. The quantitative estimate of drug-likeness (QED) is 0.671. The average molecular weight is 421 g/mol. The van der Waals surface area contributed by atoms with Crippen molar-refractivity contribution in [3.63, 3.8) is 0 Å². The molecule has 0 saturated heterocycles. The normalized spacial score (nSPS) is 12.7. The van der Waals surface area contributed by atoms with E-state index in [4.69, 9.17) is 0 Å². The van der Waals surface area contributed by atoms with Crippen LogP contribution in [0.2, 0.25) is 0 Å². The van der Waals surface area contributed by atoms with Gasteiger partial charge in [0, 0.05) is 65.4 Å². The van der Waals surface area contributed by atoms with Crippen molar-refractivity contribution in [3.8, 4) is 0 Å². The van der Waals surface area contributed by atoms with E-state index in [0.717, 1.165) is 22.7 Å². The molecule has 0 N–H and O–H groups in total. The van der Waals surface area contributed by atoms with Crippen LogP contribution in [0.1, 0.15) is 50.3 Å². The van der Waals surface area contributed by atoms with Gasteiger partial charge in [-0.1, -0.05) is 47.5 Å². The van der Waals surface area contributed by atoms with Gasteiger partial charge in [0.15, 0.2) is 0 Å². The van der Waals surface area contributed by atoms with Crippen molar-refractivity contribution in [1.29, 1.82) is 0 Å². The second kappa shape index (κ2) is 8.61. The van der Waals surface area contributed by atoms with Gasteiger partial charge in [0.25, 0.3) is 0 Å². The first kappa shape index (κ1) is 21.0. The smallest absolute Gasteiger partial charge is 0.115 e. The van der Waals surface area contributed by atoms with E-state index >= 15 is 0 Å². The Morgan fingerprint density at radius 2 is 1.60 bits per heavy atom. The molecule has 20 heavy (non-hydrogen) atoms. The summed E-state index contributed by atoms with van der Waals surface area (Å²) in [4.78, 5) is 9.01. The van der Waals surface area contributed by atoms with Crippen LogP contribution in [0, 0.1) is 25.3 Å². The monoisotopic (exact) mass is 421 g/mol. The molecule has 1 aromatic carbocycles. The molecule has 1 aliphatic heterocycles. The summed E-state index contributed by atoms with van der Waals surface area (Å²) in [6.07, 6.45) is 3.55. The number of hydrogen-bond acceptors (Lipinski definition) is 2. The van der Waals surface area contributed by atoms with Gasteiger partial charge < -0.3 is 4.99 Å². The van der Waals surface area contributed by atoms with E-state index in [1.807, 2.05) is 0 Å². The molecule has 2 nitrogen and oxygen atoms in total. The maximum Gasteiger partial charge on any atom is 0.115 e. The van der Waals surface area contributed by atoms with E-state index < -0.39 is 0 Å². The third kappa shape index (κ3) is 5.34. The van der Waals surface area contributed by atoms with Crippen LogP contribution in [0.25, 0.3) is 0 Å². The van der Waals surface area contributed by atoms with Crippen molar-refractivity contribution in [2.45, 2.75) is 53.9 Å². The van der Waals surface area contributed by atoms with Crippen molar-refractivity contribution in [1.82, 2.24) is 0 Å². The topological polar surface area (TPSA) is 24.7 Å². The molecule has 1 aromatic rings. The molecule has 0 saturated carbocycles. The first-order chi connectivity index (χ1) is 8.38. The van der Waals surface area contributed by atoms with Gasteiger partial charge >= 0.3 is 0 Å². The molecule has 0 bridgehead atoms. The van der Waals surface area contributed by atoms with E-state index in [1.54, 1.807) is 0 Å². The minimum Gasteiger partial charge on any atom is -0.325 e. The Hall–Kier alpha value is 1.03. The van der Waals surface area contributed by atoms with E-state index in [1.165, 1.54) is 24.0 Å². The van der Waals surface area contributed by atoms with Crippen LogP contribution in [-0.4, -0.2) is 6.67 Å². The van der Waals surface area contributed by atoms with Crippen LogP contribution in [0.5, 0.6) is 0 Å². The Balaban J connectivity index is 0.00000180. The van der Waals surface area contributed by atoms with Crippen molar-refractivity contribution in [2.24, 2.45) is 15.4 Å². The van der Waals surface area contributed by atoms with Crippen LogP contribution in [0.15, 0.2) is 9.98 Å². The summed E-state index contributed by atoms with van der Waals surface area (Å²) >= 11 is 0. The Morgan fingerprint density at radius 1 is 1.00 bits per heavy atom. The molecule has 0 fully saturated rings. The van der Waals surface area contributed by atoms with Gasteiger partial charge in [-0.2, -0.15) is 11.6 Å². The van der Waals surface area contributed by atoms with Crippen LogP contribution >= 0.6 is 0 Å². The summed E-state index contributed by atoms with van der Waals surface area (Å²) in [5, 5.41) is 2.21. The van der Waals surface area contributed by atoms with E-state index in [0.29, 0.717) is 12.1 Å².